The highest BCUT2D eigenvalue weighted by Gasteiger charge is 2.19. The number of likely N-dealkylation sites (N-methyl/N-ethyl adjacent to an activating group) is 1. The number of hydrogen-bond donors (Lipinski definition) is 1. The van der Waals surface area contributed by atoms with E-state index in [-0.39, 0.29) is 23.7 Å². The van der Waals surface area contributed by atoms with E-state index < -0.39 is 0 Å². The van der Waals surface area contributed by atoms with Gasteiger partial charge in [0.1, 0.15) is 0 Å². The molecule has 0 saturated carbocycles. The van der Waals surface area contributed by atoms with Crippen molar-refractivity contribution in [1.82, 2.24) is 19.4 Å². The van der Waals surface area contributed by atoms with Crippen molar-refractivity contribution in [3.05, 3.63) is 32.6 Å². The molecule has 7 heteroatoms. The fourth-order valence-corrected chi connectivity index (χ4v) is 2.59. The van der Waals surface area contributed by atoms with Crippen molar-refractivity contribution in [2.24, 2.45) is 14.1 Å². The van der Waals surface area contributed by atoms with Crippen molar-refractivity contribution >= 4 is 12.4 Å². The van der Waals surface area contributed by atoms with E-state index in [4.69, 9.17) is 0 Å². The van der Waals surface area contributed by atoms with Crippen LogP contribution in [0.15, 0.2) is 15.7 Å². The smallest absolute Gasteiger partial charge is 0.316 e. The molecule has 1 aromatic rings. The summed E-state index contributed by atoms with van der Waals surface area (Å²) in [7, 11) is 5.20. The third kappa shape index (κ3) is 3.50. The van der Waals surface area contributed by atoms with E-state index in [2.05, 4.69) is 10.2 Å². The van der Waals surface area contributed by atoms with Crippen LogP contribution in [0.5, 0.6) is 0 Å². The largest absolute Gasteiger partial charge is 0.330 e. The van der Waals surface area contributed by atoms with Gasteiger partial charge in [-0.05, 0) is 26.4 Å². The average Bonchev–Trinajstić information content (AvgIpc) is 2.42. The van der Waals surface area contributed by atoms with Gasteiger partial charge >= 0.3 is 5.69 Å². The molecule has 0 radical (unpaired) electrons. The van der Waals surface area contributed by atoms with Crippen LogP contribution < -0.4 is 16.6 Å². The molecule has 6 nitrogen and oxygen atoms in total. The Hall–Kier alpha value is -1.11. The lowest BCUT2D eigenvalue weighted by molar-refractivity contribution is 0.183. The number of piperidine rings is 1. The molecule has 0 bridgehead atoms. The van der Waals surface area contributed by atoms with E-state index in [1.54, 1.807) is 17.7 Å². The number of likely N-dealkylation sites (tertiary alicyclic amines) is 1. The average molecular weight is 303 g/mol. The molecule has 20 heavy (non-hydrogen) atoms. The first-order valence-electron chi connectivity index (χ1n) is 6.68. The van der Waals surface area contributed by atoms with Gasteiger partial charge in [0.05, 0.1) is 0 Å². The van der Waals surface area contributed by atoms with Gasteiger partial charge in [0.15, 0.2) is 0 Å². The molecule has 1 unspecified atom stereocenters. The van der Waals surface area contributed by atoms with Gasteiger partial charge in [-0.3, -0.25) is 18.8 Å². The maximum atomic E-state index is 11.9. The van der Waals surface area contributed by atoms with Crippen molar-refractivity contribution in [1.29, 1.82) is 0 Å². The van der Waals surface area contributed by atoms with E-state index in [9.17, 15) is 9.59 Å². The van der Waals surface area contributed by atoms with Gasteiger partial charge in [0, 0.05) is 45.0 Å². The second-order valence-corrected chi connectivity index (χ2v) is 5.24. The summed E-state index contributed by atoms with van der Waals surface area (Å²) in [5.41, 5.74) is 0.287. The van der Waals surface area contributed by atoms with E-state index in [1.807, 2.05) is 7.05 Å². The van der Waals surface area contributed by atoms with Gasteiger partial charge < -0.3 is 5.32 Å². The summed E-state index contributed by atoms with van der Waals surface area (Å²) in [6, 6.07) is 2.06. The lowest BCUT2D eigenvalue weighted by atomic mass is 10.1. The van der Waals surface area contributed by atoms with Gasteiger partial charge in [0.25, 0.3) is 5.56 Å². The first-order chi connectivity index (χ1) is 9.02. The Morgan fingerprint density at radius 1 is 1.30 bits per heavy atom. The van der Waals surface area contributed by atoms with Crippen molar-refractivity contribution in [3.63, 3.8) is 0 Å². The first-order valence-corrected chi connectivity index (χ1v) is 6.68. The highest BCUT2D eigenvalue weighted by atomic mass is 35.5. The summed E-state index contributed by atoms with van der Waals surface area (Å²) in [5, 5.41) is 3.29. The topological polar surface area (TPSA) is 59.3 Å². The molecule has 1 N–H and O–H groups in total. The summed E-state index contributed by atoms with van der Waals surface area (Å²) in [6.07, 6.45) is 2.33. The Bertz CT molecular complexity index is 566. The van der Waals surface area contributed by atoms with E-state index in [0.717, 1.165) is 29.8 Å². The maximum Gasteiger partial charge on any atom is 0.330 e. The van der Waals surface area contributed by atoms with Gasteiger partial charge in [-0.15, -0.1) is 12.4 Å². The Kier molecular flexibility index (Phi) is 5.98. The molecular formula is C13H23ClN4O2. The molecule has 0 amide bonds. The van der Waals surface area contributed by atoms with Crippen LogP contribution in [0, 0.1) is 0 Å². The van der Waals surface area contributed by atoms with Crippen molar-refractivity contribution in [3.8, 4) is 0 Å². The highest BCUT2D eigenvalue weighted by Crippen LogP contribution is 2.12. The van der Waals surface area contributed by atoms with Crippen LogP contribution >= 0.6 is 12.4 Å². The molecule has 1 aromatic heterocycles. The summed E-state index contributed by atoms with van der Waals surface area (Å²) >= 11 is 0. The molecule has 2 heterocycles. The number of aromatic nitrogens is 2. The van der Waals surface area contributed by atoms with Crippen molar-refractivity contribution < 1.29 is 0 Å². The summed E-state index contributed by atoms with van der Waals surface area (Å²) in [5.74, 6) is 0. The van der Waals surface area contributed by atoms with E-state index >= 15 is 0 Å². The fraction of sp³-hybridized carbons (Fsp3) is 0.692. The first kappa shape index (κ1) is 16.9. The van der Waals surface area contributed by atoms with E-state index in [0.29, 0.717) is 12.6 Å². The third-order valence-electron chi connectivity index (χ3n) is 3.92. The number of hydrogen-bond acceptors (Lipinski definition) is 4. The van der Waals surface area contributed by atoms with Crippen LogP contribution in [0.2, 0.25) is 0 Å². The molecule has 1 fully saturated rings. The number of rotatable bonds is 3. The molecule has 0 aliphatic carbocycles. The van der Waals surface area contributed by atoms with Gasteiger partial charge in [-0.2, -0.15) is 0 Å². The minimum absolute atomic E-state index is 0. The van der Waals surface area contributed by atoms with Crippen molar-refractivity contribution in [2.75, 3.05) is 20.1 Å². The second kappa shape index (κ2) is 7.06. The number of nitrogens with one attached hydrogen (secondary N) is 1. The van der Waals surface area contributed by atoms with Crippen LogP contribution in [-0.2, 0) is 20.6 Å². The standard InChI is InChI=1S/C13H22N4O2.ClH/c1-14-10-5-4-6-17(8-10)9-11-7-12(18)16(3)13(19)15(11)2;/h7,10,14H,4-6,8-9H2,1-3H3;1H. The summed E-state index contributed by atoms with van der Waals surface area (Å²) < 4.78 is 2.69. The molecule has 1 aliphatic rings. The molecule has 114 valence electrons. The molecule has 1 atom stereocenters. The lowest BCUT2D eigenvalue weighted by Gasteiger charge is -2.32. The zero-order chi connectivity index (χ0) is 14.0. The second-order valence-electron chi connectivity index (χ2n) is 5.24. The van der Waals surface area contributed by atoms with Crippen LogP contribution in [0.25, 0.3) is 0 Å². The van der Waals surface area contributed by atoms with Crippen molar-refractivity contribution in [2.45, 2.75) is 25.4 Å². The maximum absolute atomic E-state index is 11.9. The van der Waals surface area contributed by atoms with Crippen LogP contribution in [0.3, 0.4) is 0 Å². The number of nitrogens with zero attached hydrogens (tertiary/aromatic N) is 3. The van der Waals surface area contributed by atoms with Crippen LogP contribution in [0.1, 0.15) is 18.5 Å². The monoisotopic (exact) mass is 302 g/mol. The molecule has 0 aromatic carbocycles. The fourth-order valence-electron chi connectivity index (χ4n) is 2.59. The van der Waals surface area contributed by atoms with Crippen LogP contribution in [-0.4, -0.2) is 40.2 Å². The van der Waals surface area contributed by atoms with Gasteiger partial charge in [-0.25, -0.2) is 4.79 Å². The highest BCUT2D eigenvalue weighted by molar-refractivity contribution is 5.85. The third-order valence-corrected chi connectivity index (χ3v) is 3.92. The van der Waals surface area contributed by atoms with E-state index in [1.165, 1.54) is 13.5 Å². The summed E-state index contributed by atoms with van der Waals surface area (Å²) in [6.45, 7) is 2.63. The predicted octanol–water partition coefficient (Wildman–Crippen LogP) is -0.310. The van der Waals surface area contributed by atoms with Gasteiger partial charge in [-0.1, -0.05) is 0 Å². The molecule has 0 spiro atoms. The zero-order valence-corrected chi connectivity index (χ0v) is 13.1. The Labute approximate surface area is 124 Å². The Morgan fingerprint density at radius 2 is 2.00 bits per heavy atom. The zero-order valence-electron chi connectivity index (χ0n) is 12.3. The molecular weight excluding hydrogens is 280 g/mol. The number of halogens is 1. The minimum atomic E-state index is -0.260. The Balaban J connectivity index is 0.00000200. The molecule has 1 saturated heterocycles. The lowest BCUT2D eigenvalue weighted by Crippen LogP contribution is -2.45. The predicted molar refractivity (Wildman–Crippen MR) is 81.5 cm³/mol. The normalized spacial score (nSPS) is 19.6. The minimum Gasteiger partial charge on any atom is -0.316 e. The Morgan fingerprint density at radius 3 is 2.65 bits per heavy atom. The molecule has 2 rings (SSSR count). The quantitative estimate of drug-likeness (QED) is 0.832. The molecule has 1 aliphatic heterocycles. The SMILES string of the molecule is CNC1CCCN(Cc2cc(=O)n(C)c(=O)n2C)C1.Cl. The summed E-state index contributed by atoms with van der Waals surface area (Å²) in [4.78, 5) is 25.9. The van der Waals surface area contributed by atoms with Crippen LogP contribution in [0.4, 0.5) is 0 Å². The van der Waals surface area contributed by atoms with Gasteiger partial charge in [0.2, 0.25) is 0 Å².